The van der Waals surface area contributed by atoms with Crippen LogP contribution in [0.5, 0.6) is 0 Å². The molecule has 4 N–H and O–H groups in total. The zero-order valence-electron chi connectivity index (χ0n) is 6.44. The molecule has 64 valence electrons. The third-order valence-electron chi connectivity index (χ3n) is 1.22. The number of rotatable bonds is 2. The Labute approximate surface area is 73.1 Å². The molecule has 1 rings (SSSR count). The molecule has 0 aliphatic heterocycles. The summed E-state index contributed by atoms with van der Waals surface area (Å²) in [4.78, 5) is 18.3. The van der Waals surface area contributed by atoms with Gasteiger partial charge in [0.1, 0.15) is 11.4 Å². The highest BCUT2D eigenvalue weighted by molar-refractivity contribution is 7.13. The van der Waals surface area contributed by atoms with Crippen LogP contribution in [0, 0.1) is 0 Å². The number of carbonyl (C=O) groups is 1. The lowest BCUT2D eigenvalue weighted by Crippen LogP contribution is -2.24. The van der Waals surface area contributed by atoms with Crippen LogP contribution in [0.1, 0.15) is 5.69 Å². The minimum Gasteiger partial charge on any atom is -0.375 e. The molecule has 0 spiro atoms. The summed E-state index contributed by atoms with van der Waals surface area (Å²) in [5.41, 5.74) is 11.0. The number of aromatic nitrogens is 1. The van der Waals surface area contributed by atoms with E-state index in [9.17, 15) is 4.79 Å². The molecule has 0 atom stereocenters. The molecular weight excluding hydrogens is 176 g/mol. The maximum atomic E-state index is 10.8. The number of anilines is 1. The van der Waals surface area contributed by atoms with E-state index in [1.165, 1.54) is 18.4 Å². The van der Waals surface area contributed by atoms with Crippen molar-refractivity contribution >= 4 is 28.1 Å². The highest BCUT2D eigenvalue weighted by Gasteiger charge is 2.11. The Hall–Kier alpha value is -1.43. The normalized spacial score (nSPS) is 11.6. The highest BCUT2D eigenvalue weighted by atomic mass is 32.1. The Morgan fingerprint density at radius 2 is 2.42 bits per heavy atom. The van der Waals surface area contributed by atoms with Crippen LogP contribution in [0.4, 0.5) is 5.13 Å². The Bertz CT molecular complexity index is 330. The zero-order chi connectivity index (χ0) is 9.14. The number of carbonyl (C=O) groups excluding carboxylic acids is 1. The molecule has 6 heteroatoms. The van der Waals surface area contributed by atoms with E-state index in [1.54, 1.807) is 5.38 Å². The molecule has 0 unspecified atom stereocenters. The fourth-order valence-electron chi connectivity index (χ4n) is 0.747. The summed E-state index contributed by atoms with van der Waals surface area (Å²) < 4.78 is 0. The topological polar surface area (TPSA) is 94.4 Å². The summed E-state index contributed by atoms with van der Waals surface area (Å²) in [6.07, 6.45) is 0. The van der Waals surface area contributed by atoms with E-state index in [0.717, 1.165) is 0 Å². The Morgan fingerprint density at radius 1 is 1.75 bits per heavy atom. The second kappa shape index (κ2) is 3.31. The van der Waals surface area contributed by atoms with E-state index in [4.69, 9.17) is 11.5 Å². The molecule has 1 aromatic heterocycles. The molecule has 0 aliphatic carbocycles. The molecule has 1 aromatic rings. The average molecular weight is 184 g/mol. The number of nitrogens with zero attached hydrogens (tertiary/aromatic N) is 2. The first kappa shape index (κ1) is 8.66. The molecule has 0 bridgehead atoms. The van der Waals surface area contributed by atoms with Gasteiger partial charge in [-0.25, -0.2) is 4.98 Å². The molecule has 0 aliphatic rings. The van der Waals surface area contributed by atoms with Gasteiger partial charge in [0.05, 0.1) is 0 Å². The summed E-state index contributed by atoms with van der Waals surface area (Å²) in [5.74, 6) is -0.595. The predicted molar refractivity (Wildman–Crippen MR) is 48.2 cm³/mol. The largest absolute Gasteiger partial charge is 0.375 e. The van der Waals surface area contributed by atoms with Crippen molar-refractivity contribution in [1.82, 2.24) is 4.98 Å². The van der Waals surface area contributed by atoms with Crippen molar-refractivity contribution in [1.29, 1.82) is 0 Å². The number of hydrogen-bond acceptors (Lipinski definition) is 5. The van der Waals surface area contributed by atoms with Crippen LogP contribution in [-0.2, 0) is 4.79 Å². The van der Waals surface area contributed by atoms with Crippen LogP contribution < -0.4 is 11.5 Å². The molecular formula is C6H8N4OS. The van der Waals surface area contributed by atoms with Gasteiger partial charge < -0.3 is 11.5 Å². The number of nitrogen functional groups attached to an aromatic ring is 1. The van der Waals surface area contributed by atoms with Gasteiger partial charge in [-0.15, -0.1) is 11.3 Å². The first-order valence-electron chi connectivity index (χ1n) is 3.13. The average Bonchev–Trinajstić information content (AvgIpc) is 2.37. The van der Waals surface area contributed by atoms with Crippen LogP contribution >= 0.6 is 11.3 Å². The van der Waals surface area contributed by atoms with E-state index in [2.05, 4.69) is 9.98 Å². The molecule has 1 amide bonds. The lowest BCUT2D eigenvalue weighted by Gasteiger charge is -1.93. The van der Waals surface area contributed by atoms with Crippen molar-refractivity contribution in [3.05, 3.63) is 11.1 Å². The lowest BCUT2D eigenvalue weighted by molar-refractivity contribution is -0.111. The maximum absolute atomic E-state index is 10.8. The fourth-order valence-corrected chi connectivity index (χ4v) is 1.30. The van der Waals surface area contributed by atoms with Crippen molar-refractivity contribution in [3.63, 3.8) is 0 Å². The van der Waals surface area contributed by atoms with Gasteiger partial charge >= 0.3 is 0 Å². The fraction of sp³-hybridized carbons (Fsp3) is 0.167. The number of primary amides is 1. The van der Waals surface area contributed by atoms with Gasteiger partial charge in [-0.2, -0.15) is 0 Å². The highest BCUT2D eigenvalue weighted by Crippen LogP contribution is 2.11. The van der Waals surface area contributed by atoms with Crippen molar-refractivity contribution in [2.45, 2.75) is 0 Å². The van der Waals surface area contributed by atoms with Crippen molar-refractivity contribution in [2.24, 2.45) is 10.7 Å². The number of nitrogens with two attached hydrogens (primary N) is 2. The van der Waals surface area contributed by atoms with Crippen LogP contribution in [0.3, 0.4) is 0 Å². The Kier molecular flexibility index (Phi) is 2.39. The van der Waals surface area contributed by atoms with Gasteiger partial charge in [-0.3, -0.25) is 9.79 Å². The van der Waals surface area contributed by atoms with Crippen LogP contribution in [-0.4, -0.2) is 23.7 Å². The molecule has 5 nitrogen and oxygen atoms in total. The summed E-state index contributed by atoms with van der Waals surface area (Å²) in [5, 5.41) is 2.04. The van der Waals surface area contributed by atoms with Gasteiger partial charge in [0, 0.05) is 12.4 Å². The minimum absolute atomic E-state index is 0.156. The maximum Gasteiger partial charge on any atom is 0.269 e. The monoisotopic (exact) mass is 184 g/mol. The zero-order valence-corrected chi connectivity index (χ0v) is 7.26. The lowest BCUT2D eigenvalue weighted by atomic mass is 10.3. The van der Waals surface area contributed by atoms with Gasteiger partial charge in [0.15, 0.2) is 5.13 Å². The minimum atomic E-state index is -0.595. The summed E-state index contributed by atoms with van der Waals surface area (Å²) in [6, 6.07) is 0. The molecule has 0 radical (unpaired) electrons. The van der Waals surface area contributed by atoms with Crippen LogP contribution in [0.15, 0.2) is 10.4 Å². The Morgan fingerprint density at radius 3 is 2.75 bits per heavy atom. The molecule has 0 saturated carbocycles. The second-order valence-electron chi connectivity index (χ2n) is 2.01. The first-order valence-corrected chi connectivity index (χ1v) is 4.01. The van der Waals surface area contributed by atoms with Gasteiger partial charge in [-0.05, 0) is 0 Å². The summed E-state index contributed by atoms with van der Waals surface area (Å²) in [6.45, 7) is 0. The standard InChI is InChI=1S/C6H8N4OS/c1-9-4(5(7)11)3-2-12-6(8)10-3/h2H,1H3,(H2,7,11)(H2,8,10). The quantitative estimate of drug-likeness (QED) is 0.614. The number of hydrogen-bond donors (Lipinski definition) is 2. The van der Waals surface area contributed by atoms with Gasteiger partial charge in [0.25, 0.3) is 5.91 Å². The van der Waals surface area contributed by atoms with Gasteiger partial charge in [0.2, 0.25) is 0 Å². The van der Waals surface area contributed by atoms with E-state index in [1.807, 2.05) is 0 Å². The van der Waals surface area contributed by atoms with E-state index in [0.29, 0.717) is 10.8 Å². The smallest absolute Gasteiger partial charge is 0.269 e. The van der Waals surface area contributed by atoms with E-state index < -0.39 is 5.91 Å². The molecule has 1 heterocycles. The SMILES string of the molecule is CN=C(C(N)=O)c1csc(N)n1. The van der Waals surface area contributed by atoms with Crippen LogP contribution in [0.2, 0.25) is 0 Å². The molecule has 0 saturated heterocycles. The van der Waals surface area contributed by atoms with Crippen molar-refractivity contribution in [3.8, 4) is 0 Å². The van der Waals surface area contributed by atoms with Crippen molar-refractivity contribution < 1.29 is 4.79 Å². The van der Waals surface area contributed by atoms with E-state index in [-0.39, 0.29) is 5.71 Å². The van der Waals surface area contributed by atoms with E-state index >= 15 is 0 Å². The Balaban J connectivity index is 3.04. The van der Waals surface area contributed by atoms with Gasteiger partial charge in [-0.1, -0.05) is 0 Å². The van der Waals surface area contributed by atoms with Crippen molar-refractivity contribution in [2.75, 3.05) is 12.8 Å². The number of thiazole rings is 1. The predicted octanol–water partition coefficient (Wildman–Crippen LogP) is -0.371. The molecule has 12 heavy (non-hydrogen) atoms. The third-order valence-corrected chi connectivity index (χ3v) is 1.90. The first-order chi connectivity index (χ1) is 5.65. The summed E-state index contributed by atoms with van der Waals surface area (Å²) in [7, 11) is 1.48. The molecule has 0 fully saturated rings. The second-order valence-corrected chi connectivity index (χ2v) is 2.90. The molecule has 0 aromatic carbocycles. The summed E-state index contributed by atoms with van der Waals surface area (Å²) >= 11 is 1.24. The van der Waals surface area contributed by atoms with Crippen LogP contribution in [0.25, 0.3) is 0 Å². The number of amides is 1. The number of aliphatic imine (C=N–C) groups is 1. The third kappa shape index (κ3) is 1.59.